The Morgan fingerprint density at radius 3 is 2.37 bits per heavy atom. The van der Waals surface area contributed by atoms with Crippen LogP contribution in [0.5, 0.6) is 5.75 Å². The Morgan fingerprint density at radius 1 is 1.00 bits per heavy atom. The summed E-state index contributed by atoms with van der Waals surface area (Å²) in [5, 5.41) is 6.38. The Morgan fingerprint density at radius 2 is 1.67 bits per heavy atom. The zero-order chi connectivity index (χ0) is 19.5. The summed E-state index contributed by atoms with van der Waals surface area (Å²) in [5.74, 6) is 1.62. The molecule has 2 aromatic rings. The van der Waals surface area contributed by atoms with Gasteiger partial charge in [-0.2, -0.15) is 0 Å². The first kappa shape index (κ1) is 20.8. The number of nitrogens with one attached hydrogen (secondary N) is 2. The lowest BCUT2D eigenvalue weighted by Gasteiger charge is -2.13. The lowest BCUT2D eigenvalue weighted by atomic mass is 10.1. The maximum absolute atomic E-state index is 12.3. The first-order valence-electron chi connectivity index (χ1n) is 8.91. The van der Waals surface area contributed by atoms with Gasteiger partial charge < -0.3 is 15.4 Å². The number of benzene rings is 2. The van der Waals surface area contributed by atoms with Crippen LogP contribution in [-0.4, -0.2) is 47.4 Å². The van der Waals surface area contributed by atoms with Crippen LogP contribution in [0.3, 0.4) is 0 Å². The van der Waals surface area contributed by atoms with Gasteiger partial charge in [-0.1, -0.05) is 36.4 Å². The van der Waals surface area contributed by atoms with E-state index in [2.05, 4.69) is 15.6 Å². The van der Waals surface area contributed by atoms with Gasteiger partial charge in [0.25, 0.3) is 0 Å². The number of methoxy groups -OCH3 is 1. The van der Waals surface area contributed by atoms with Crippen molar-refractivity contribution < 1.29 is 13.2 Å². The van der Waals surface area contributed by atoms with E-state index in [1.807, 2.05) is 24.3 Å². The van der Waals surface area contributed by atoms with E-state index in [-0.39, 0.29) is 5.75 Å². The second kappa shape index (κ2) is 10.6. The standard InChI is InChI=1S/C20H27N3O3S/c1-21-20(23-15-13-17-9-6-7-12-19(17)26-2)22-14-8-16-27(24,25)18-10-4-3-5-11-18/h3-7,9-12H,8,13-16H2,1-2H3,(H2,21,22,23). The number of rotatable bonds is 9. The first-order chi connectivity index (χ1) is 13.1. The Hall–Kier alpha value is -2.54. The van der Waals surface area contributed by atoms with Gasteiger partial charge >= 0.3 is 0 Å². The van der Waals surface area contributed by atoms with Crippen molar-refractivity contribution in [2.24, 2.45) is 4.99 Å². The van der Waals surface area contributed by atoms with Crippen molar-refractivity contribution in [2.45, 2.75) is 17.7 Å². The fraction of sp³-hybridized carbons (Fsp3) is 0.350. The molecule has 0 saturated carbocycles. The van der Waals surface area contributed by atoms with Crippen LogP contribution in [0.1, 0.15) is 12.0 Å². The molecule has 0 aliphatic carbocycles. The van der Waals surface area contributed by atoms with E-state index in [0.29, 0.717) is 30.4 Å². The largest absolute Gasteiger partial charge is 0.496 e. The van der Waals surface area contributed by atoms with Crippen LogP contribution in [0.4, 0.5) is 0 Å². The molecule has 0 unspecified atom stereocenters. The van der Waals surface area contributed by atoms with E-state index in [1.165, 1.54) is 0 Å². The fourth-order valence-electron chi connectivity index (χ4n) is 2.66. The van der Waals surface area contributed by atoms with Crippen LogP contribution >= 0.6 is 0 Å². The lowest BCUT2D eigenvalue weighted by Crippen LogP contribution is -2.39. The van der Waals surface area contributed by atoms with E-state index in [1.54, 1.807) is 44.5 Å². The molecule has 0 amide bonds. The van der Waals surface area contributed by atoms with Gasteiger partial charge in [-0.15, -0.1) is 0 Å². The average Bonchev–Trinajstić information content (AvgIpc) is 2.70. The molecule has 2 aromatic carbocycles. The van der Waals surface area contributed by atoms with Crippen molar-refractivity contribution in [1.82, 2.24) is 10.6 Å². The molecule has 0 aliphatic rings. The van der Waals surface area contributed by atoms with E-state index in [9.17, 15) is 8.42 Å². The molecule has 0 bridgehead atoms. The van der Waals surface area contributed by atoms with E-state index in [4.69, 9.17) is 4.74 Å². The molecule has 0 atom stereocenters. The van der Waals surface area contributed by atoms with E-state index < -0.39 is 9.84 Å². The summed E-state index contributed by atoms with van der Waals surface area (Å²) in [4.78, 5) is 4.53. The summed E-state index contributed by atoms with van der Waals surface area (Å²) < 4.78 is 29.8. The average molecular weight is 390 g/mol. The number of nitrogens with zero attached hydrogens (tertiary/aromatic N) is 1. The minimum Gasteiger partial charge on any atom is -0.496 e. The van der Waals surface area contributed by atoms with Crippen LogP contribution < -0.4 is 15.4 Å². The third kappa shape index (κ3) is 6.60. The van der Waals surface area contributed by atoms with Crippen molar-refractivity contribution >= 4 is 15.8 Å². The Balaban J connectivity index is 1.73. The highest BCUT2D eigenvalue weighted by Crippen LogP contribution is 2.17. The van der Waals surface area contributed by atoms with E-state index >= 15 is 0 Å². The quantitative estimate of drug-likeness (QED) is 0.391. The van der Waals surface area contributed by atoms with Gasteiger partial charge in [-0.05, 0) is 36.6 Å². The Labute approximate surface area is 161 Å². The number of guanidine groups is 1. The van der Waals surface area contributed by atoms with Gasteiger partial charge in [0.2, 0.25) is 0 Å². The van der Waals surface area contributed by atoms with Gasteiger partial charge in [-0.25, -0.2) is 8.42 Å². The second-order valence-electron chi connectivity index (χ2n) is 5.97. The summed E-state index contributed by atoms with van der Waals surface area (Å²) in [6.07, 6.45) is 1.30. The molecule has 27 heavy (non-hydrogen) atoms. The topological polar surface area (TPSA) is 79.8 Å². The molecule has 7 heteroatoms. The number of para-hydroxylation sites is 1. The van der Waals surface area contributed by atoms with Crippen LogP contribution in [0.15, 0.2) is 64.5 Å². The smallest absolute Gasteiger partial charge is 0.190 e. The first-order valence-corrected chi connectivity index (χ1v) is 10.6. The molecule has 0 saturated heterocycles. The van der Waals surface area contributed by atoms with Crippen molar-refractivity contribution in [3.63, 3.8) is 0 Å². The molecular weight excluding hydrogens is 362 g/mol. The SMILES string of the molecule is CN=C(NCCCS(=O)(=O)c1ccccc1)NCCc1ccccc1OC. The highest BCUT2D eigenvalue weighted by atomic mass is 32.2. The Bertz CT molecular complexity index is 837. The molecule has 0 fully saturated rings. The summed E-state index contributed by atoms with van der Waals surface area (Å²) in [6, 6.07) is 16.4. The lowest BCUT2D eigenvalue weighted by molar-refractivity contribution is 0.409. The highest BCUT2D eigenvalue weighted by molar-refractivity contribution is 7.91. The van der Waals surface area contributed by atoms with Crippen molar-refractivity contribution in [3.8, 4) is 5.75 Å². The number of sulfone groups is 1. The maximum atomic E-state index is 12.3. The van der Waals surface area contributed by atoms with Crippen molar-refractivity contribution in [1.29, 1.82) is 0 Å². The molecule has 2 N–H and O–H groups in total. The molecule has 0 heterocycles. The Kier molecular flexibility index (Phi) is 8.13. The highest BCUT2D eigenvalue weighted by Gasteiger charge is 2.13. The molecule has 0 radical (unpaired) electrons. The van der Waals surface area contributed by atoms with Crippen molar-refractivity contribution in [3.05, 3.63) is 60.2 Å². The molecule has 0 aromatic heterocycles. The molecule has 0 aliphatic heterocycles. The minimum atomic E-state index is -3.24. The van der Waals surface area contributed by atoms with E-state index in [0.717, 1.165) is 17.7 Å². The predicted molar refractivity (Wildman–Crippen MR) is 109 cm³/mol. The van der Waals surface area contributed by atoms with Gasteiger partial charge in [-0.3, -0.25) is 4.99 Å². The van der Waals surface area contributed by atoms with Crippen LogP contribution in [0, 0.1) is 0 Å². The number of aliphatic imine (C=N–C) groups is 1. The third-order valence-electron chi connectivity index (χ3n) is 4.09. The van der Waals surface area contributed by atoms with Gasteiger partial charge in [0, 0.05) is 20.1 Å². The predicted octanol–water partition coefficient (Wildman–Crippen LogP) is 2.27. The number of ether oxygens (including phenoxy) is 1. The maximum Gasteiger partial charge on any atom is 0.190 e. The molecule has 2 rings (SSSR count). The van der Waals surface area contributed by atoms with Crippen LogP contribution in [0.25, 0.3) is 0 Å². The van der Waals surface area contributed by atoms with Gasteiger partial charge in [0.1, 0.15) is 5.75 Å². The molecule has 146 valence electrons. The molecule has 0 spiro atoms. The second-order valence-corrected chi connectivity index (χ2v) is 8.08. The third-order valence-corrected chi connectivity index (χ3v) is 5.90. The van der Waals surface area contributed by atoms with Crippen LogP contribution in [0.2, 0.25) is 0 Å². The monoisotopic (exact) mass is 389 g/mol. The fourth-order valence-corrected chi connectivity index (χ4v) is 3.99. The van der Waals surface area contributed by atoms with Gasteiger partial charge in [0.15, 0.2) is 15.8 Å². The number of hydrogen-bond acceptors (Lipinski definition) is 4. The summed E-state index contributed by atoms with van der Waals surface area (Å²) >= 11 is 0. The summed E-state index contributed by atoms with van der Waals surface area (Å²) in [6.45, 7) is 1.22. The summed E-state index contributed by atoms with van der Waals surface area (Å²) in [7, 11) is 0.117. The normalized spacial score (nSPS) is 11.9. The minimum absolute atomic E-state index is 0.0994. The molecular formula is C20H27N3O3S. The number of hydrogen-bond donors (Lipinski definition) is 2. The van der Waals surface area contributed by atoms with Crippen molar-refractivity contribution in [2.75, 3.05) is 33.0 Å². The summed E-state index contributed by atoms with van der Waals surface area (Å²) in [5.41, 5.74) is 1.12. The zero-order valence-corrected chi connectivity index (χ0v) is 16.6. The zero-order valence-electron chi connectivity index (χ0n) is 15.8. The molecule has 6 nitrogen and oxygen atoms in total. The van der Waals surface area contributed by atoms with Gasteiger partial charge in [0.05, 0.1) is 17.8 Å². The van der Waals surface area contributed by atoms with Crippen LogP contribution in [-0.2, 0) is 16.3 Å².